The van der Waals surface area contributed by atoms with Crippen LogP contribution in [-0.4, -0.2) is 59.8 Å². The summed E-state index contributed by atoms with van der Waals surface area (Å²) in [5, 5.41) is 19.0. The van der Waals surface area contributed by atoms with E-state index in [0.717, 1.165) is 11.2 Å². The van der Waals surface area contributed by atoms with Crippen LogP contribution in [0.25, 0.3) is 0 Å². The van der Waals surface area contributed by atoms with Crippen LogP contribution in [0.15, 0.2) is 24.3 Å². The van der Waals surface area contributed by atoms with E-state index in [1.807, 2.05) is 0 Å². The number of benzene rings is 1. The van der Waals surface area contributed by atoms with Gasteiger partial charge in [0.25, 0.3) is 5.69 Å². The summed E-state index contributed by atoms with van der Waals surface area (Å²) in [5.41, 5.74) is 6.13. The molecular formula is C14H19N3O7S. The molecule has 138 valence electrons. The average molecular weight is 373 g/mol. The van der Waals surface area contributed by atoms with Crippen molar-refractivity contribution in [2.45, 2.75) is 30.5 Å². The highest BCUT2D eigenvalue weighted by Gasteiger charge is 2.42. The molecule has 0 aromatic heterocycles. The molecule has 1 aromatic carbocycles. The third-order valence-electron chi connectivity index (χ3n) is 3.94. The number of nitro benzene ring substituents is 1. The van der Waals surface area contributed by atoms with Crippen LogP contribution in [0.1, 0.15) is 12.0 Å². The lowest BCUT2D eigenvalue weighted by molar-refractivity contribution is -0.384. The van der Waals surface area contributed by atoms with Crippen LogP contribution >= 0.6 is 0 Å². The summed E-state index contributed by atoms with van der Waals surface area (Å²) < 4.78 is 28.3. The van der Waals surface area contributed by atoms with Crippen LogP contribution in [0, 0.1) is 10.1 Å². The molecule has 1 unspecified atom stereocenters. The fourth-order valence-corrected chi connectivity index (χ4v) is 3.42. The molecule has 3 atom stereocenters. The van der Waals surface area contributed by atoms with Gasteiger partial charge in [0, 0.05) is 18.4 Å². The Labute approximate surface area is 144 Å². The maximum absolute atomic E-state index is 12.2. The molecule has 0 bridgehead atoms. The summed E-state index contributed by atoms with van der Waals surface area (Å²) >= 11 is 0. The van der Waals surface area contributed by atoms with E-state index in [1.165, 1.54) is 24.3 Å². The van der Waals surface area contributed by atoms with E-state index in [4.69, 9.17) is 10.5 Å². The molecule has 3 N–H and O–H groups in total. The highest BCUT2D eigenvalue weighted by Crippen LogP contribution is 2.23. The molecule has 0 aliphatic carbocycles. The first kappa shape index (κ1) is 19.1. The number of nitrogens with two attached hydrogens (primary N) is 1. The number of likely N-dealkylation sites (tertiary alicyclic amines) is 1. The van der Waals surface area contributed by atoms with Crippen molar-refractivity contribution in [2.24, 2.45) is 5.73 Å². The van der Waals surface area contributed by atoms with E-state index >= 15 is 0 Å². The number of aliphatic hydroxyl groups is 1. The van der Waals surface area contributed by atoms with Gasteiger partial charge in [-0.15, -0.1) is 0 Å². The summed E-state index contributed by atoms with van der Waals surface area (Å²) in [5.74, 6) is 0. The van der Waals surface area contributed by atoms with E-state index in [-0.39, 0.29) is 25.3 Å². The van der Waals surface area contributed by atoms with Crippen LogP contribution < -0.4 is 5.73 Å². The van der Waals surface area contributed by atoms with Gasteiger partial charge in [0.1, 0.15) is 12.0 Å². The van der Waals surface area contributed by atoms with Gasteiger partial charge in [-0.2, -0.15) is 0 Å². The van der Waals surface area contributed by atoms with E-state index in [1.54, 1.807) is 0 Å². The number of amides is 1. The van der Waals surface area contributed by atoms with Gasteiger partial charge in [0.05, 0.1) is 23.6 Å². The molecule has 1 saturated heterocycles. The van der Waals surface area contributed by atoms with Crippen LogP contribution in [0.4, 0.5) is 10.5 Å². The van der Waals surface area contributed by atoms with Crippen LogP contribution in [0.5, 0.6) is 0 Å². The summed E-state index contributed by atoms with van der Waals surface area (Å²) in [4.78, 5) is 23.4. The second-order valence-electron chi connectivity index (χ2n) is 5.88. The lowest BCUT2D eigenvalue weighted by Crippen LogP contribution is -2.50. The van der Waals surface area contributed by atoms with Crippen molar-refractivity contribution in [1.82, 2.24) is 4.90 Å². The zero-order valence-corrected chi connectivity index (χ0v) is 14.3. The number of rotatable bonds is 5. The Balaban J connectivity index is 2.02. The Morgan fingerprint density at radius 2 is 2.08 bits per heavy atom. The number of ether oxygens (including phenoxy) is 1. The highest BCUT2D eigenvalue weighted by atomic mass is 32.2. The average Bonchev–Trinajstić information content (AvgIpc) is 2.93. The van der Waals surface area contributed by atoms with Crippen molar-refractivity contribution in [1.29, 1.82) is 0 Å². The molecule has 2 rings (SSSR count). The van der Waals surface area contributed by atoms with Gasteiger partial charge in [0.15, 0.2) is 9.84 Å². The quantitative estimate of drug-likeness (QED) is 0.540. The van der Waals surface area contributed by atoms with Crippen molar-refractivity contribution in [3.05, 3.63) is 39.9 Å². The molecule has 1 aliphatic rings. The monoisotopic (exact) mass is 373 g/mol. The molecule has 1 aliphatic heterocycles. The predicted octanol–water partition coefficient (Wildman–Crippen LogP) is -0.00400. The Morgan fingerprint density at radius 1 is 1.48 bits per heavy atom. The zero-order valence-electron chi connectivity index (χ0n) is 13.4. The predicted molar refractivity (Wildman–Crippen MR) is 87.2 cm³/mol. The number of carbonyl (C=O) groups is 1. The Bertz CT molecular complexity index is 750. The first-order valence-corrected chi connectivity index (χ1v) is 9.34. The number of nitro groups is 1. The van der Waals surface area contributed by atoms with Crippen molar-refractivity contribution in [2.75, 3.05) is 12.8 Å². The van der Waals surface area contributed by atoms with Gasteiger partial charge in [0.2, 0.25) is 0 Å². The standard InChI is InChI=1S/C14H19N3O7S/c1-25(22,23)13(15)12-6-11(18)7-16(12)14(19)24-8-9-2-4-10(5-3-9)17(20)21/h2-5,11-13,18H,6-8,15H2,1H3/t11-,12+,13?/m1/s1. The number of β-amino-alcohol motifs (C(OH)–C–C–N with tert-alkyl or cyclic N) is 1. The molecule has 11 heteroatoms. The SMILES string of the molecule is CS(=O)(=O)C(N)[C@@H]1C[C@@H](O)CN1C(=O)OCc1ccc([N+](=O)[O-])cc1. The number of non-ortho nitro benzene ring substituents is 1. The molecule has 0 spiro atoms. The molecule has 10 nitrogen and oxygen atoms in total. The van der Waals surface area contributed by atoms with Crippen LogP contribution in [0.3, 0.4) is 0 Å². The van der Waals surface area contributed by atoms with E-state index in [9.17, 15) is 28.4 Å². The van der Waals surface area contributed by atoms with E-state index < -0.39 is 38.4 Å². The fraction of sp³-hybridized carbons (Fsp3) is 0.500. The molecule has 1 fully saturated rings. The topological polar surface area (TPSA) is 153 Å². The minimum Gasteiger partial charge on any atom is -0.445 e. The third-order valence-corrected chi connectivity index (χ3v) is 5.24. The molecular weight excluding hydrogens is 354 g/mol. The Kier molecular flexibility index (Phi) is 5.60. The molecule has 0 saturated carbocycles. The van der Waals surface area contributed by atoms with Crippen LogP contribution in [-0.2, 0) is 21.2 Å². The van der Waals surface area contributed by atoms with Crippen molar-refractivity contribution in [3.63, 3.8) is 0 Å². The number of sulfone groups is 1. The number of aliphatic hydroxyl groups excluding tert-OH is 1. The van der Waals surface area contributed by atoms with Gasteiger partial charge >= 0.3 is 6.09 Å². The van der Waals surface area contributed by atoms with Gasteiger partial charge in [-0.05, 0) is 24.1 Å². The normalized spacial score (nSPS) is 21.8. The first-order valence-electron chi connectivity index (χ1n) is 7.39. The number of hydrogen-bond donors (Lipinski definition) is 2. The lowest BCUT2D eigenvalue weighted by Gasteiger charge is -2.27. The lowest BCUT2D eigenvalue weighted by atomic mass is 10.2. The number of nitrogens with zero attached hydrogens (tertiary/aromatic N) is 2. The van der Waals surface area contributed by atoms with E-state index in [0.29, 0.717) is 5.56 Å². The molecule has 1 amide bonds. The van der Waals surface area contributed by atoms with Gasteiger partial charge < -0.3 is 15.6 Å². The maximum atomic E-state index is 12.2. The van der Waals surface area contributed by atoms with Gasteiger partial charge in [-0.1, -0.05) is 0 Å². The second-order valence-corrected chi connectivity index (χ2v) is 8.08. The minimum absolute atomic E-state index is 0.0425. The number of carbonyl (C=O) groups excluding carboxylic acids is 1. The third kappa shape index (κ3) is 4.65. The minimum atomic E-state index is -3.60. The Hall–Kier alpha value is -2.24. The highest BCUT2D eigenvalue weighted by molar-refractivity contribution is 7.91. The largest absolute Gasteiger partial charge is 0.445 e. The first-order chi connectivity index (χ1) is 11.6. The van der Waals surface area contributed by atoms with Crippen molar-refractivity contribution in [3.8, 4) is 0 Å². The summed E-state index contributed by atoms with van der Waals surface area (Å²) in [7, 11) is -3.60. The van der Waals surface area contributed by atoms with Crippen LogP contribution in [0.2, 0.25) is 0 Å². The second kappa shape index (κ2) is 7.33. The van der Waals surface area contributed by atoms with Crippen molar-refractivity contribution < 1.29 is 28.0 Å². The fourth-order valence-electron chi connectivity index (χ4n) is 2.59. The number of hydrogen-bond acceptors (Lipinski definition) is 8. The van der Waals surface area contributed by atoms with Gasteiger partial charge in [-0.3, -0.25) is 15.0 Å². The zero-order chi connectivity index (χ0) is 18.8. The van der Waals surface area contributed by atoms with Gasteiger partial charge in [-0.25, -0.2) is 13.2 Å². The molecule has 1 aromatic rings. The summed E-state index contributed by atoms with van der Waals surface area (Å²) in [6.07, 6.45) is -0.687. The van der Waals surface area contributed by atoms with Crippen molar-refractivity contribution >= 4 is 21.6 Å². The smallest absolute Gasteiger partial charge is 0.410 e. The molecule has 25 heavy (non-hydrogen) atoms. The maximum Gasteiger partial charge on any atom is 0.410 e. The summed E-state index contributed by atoms with van der Waals surface area (Å²) in [6, 6.07) is 4.58. The molecule has 0 radical (unpaired) electrons. The summed E-state index contributed by atoms with van der Waals surface area (Å²) in [6.45, 7) is -0.225. The molecule has 1 heterocycles. The van der Waals surface area contributed by atoms with E-state index in [2.05, 4.69) is 0 Å². The Morgan fingerprint density at radius 3 is 2.60 bits per heavy atom.